The van der Waals surface area contributed by atoms with Crippen molar-refractivity contribution in [1.29, 1.82) is 0 Å². The summed E-state index contributed by atoms with van der Waals surface area (Å²) in [4.78, 5) is 37.8. The third-order valence-corrected chi connectivity index (χ3v) is 4.94. The van der Waals surface area contributed by atoms with Gasteiger partial charge in [0.15, 0.2) is 0 Å². The molecule has 2 aromatic rings. The fraction of sp³-hybridized carbons (Fsp3) is 0.261. The van der Waals surface area contributed by atoms with Gasteiger partial charge in [0.05, 0.1) is 5.69 Å². The summed E-state index contributed by atoms with van der Waals surface area (Å²) in [5, 5.41) is 5.16. The normalized spacial score (nSPS) is 14.5. The molecule has 3 rings (SSSR count). The highest BCUT2D eigenvalue weighted by molar-refractivity contribution is 5.95. The van der Waals surface area contributed by atoms with Gasteiger partial charge in [-0.3, -0.25) is 14.4 Å². The summed E-state index contributed by atoms with van der Waals surface area (Å²) in [5.74, 6) is -1.54. The number of nitrogens with one attached hydrogen (secondary N) is 2. The van der Waals surface area contributed by atoms with Crippen LogP contribution in [0.1, 0.15) is 25.3 Å². The number of benzene rings is 2. The minimum atomic E-state index is -0.573. The van der Waals surface area contributed by atoms with Gasteiger partial charge in [-0.25, -0.2) is 4.39 Å². The van der Waals surface area contributed by atoms with Crippen LogP contribution in [0.5, 0.6) is 0 Å². The molecule has 156 valence electrons. The molecule has 30 heavy (non-hydrogen) atoms. The third kappa shape index (κ3) is 5.76. The summed E-state index contributed by atoms with van der Waals surface area (Å²) in [5.41, 5.74) is 1.38. The monoisotopic (exact) mass is 409 g/mol. The maximum atomic E-state index is 14.0. The number of rotatable bonds is 5. The van der Waals surface area contributed by atoms with E-state index in [9.17, 15) is 18.8 Å². The fourth-order valence-electron chi connectivity index (χ4n) is 3.34. The summed E-state index contributed by atoms with van der Waals surface area (Å²) >= 11 is 0. The van der Waals surface area contributed by atoms with Crippen molar-refractivity contribution in [2.24, 2.45) is 5.92 Å². The number of carbonyl (C=O) groups is 3. The van der Waals surface area contributed by atoms with Crippen LogP contribution in [0, 0.1) is 11.7 Å². The van der Waals surface area contributed by atoms with Crippen LogP contribution >= 0.6 is 0 Å². The molecule has 0 aliphatic carbocycles. The van der Waals surface area contributed by atoms with Crippen molar-refractivity contribution in [1.82, 2.24) is 4.90 Å². The Morgan fingerprint density at radius 3 is 2.40 bits per heavy atom. The van der Waals surface area contributed by atoms with Gasteiger partial charge in [0.1, 0.15) is 5.82 Å². The van der Waals surface area contributed by atoms with Crippen LogP contribution in [0.25, 0.3) is 6.08 Å². The van der Waals surface area contributed by atoms with Crippen molar-refractivity contribution in [3.63, 3.8) is 0 Å². The fourth-order valence-corrected chi connectivity index (χ4v) is 3.34. The maximum Gasteiger partial charge on any atom is 0.246 e. The topological polar surface area (TPSA) is 78.5 Å². The first-order chi connectivity index (χ1) is 14.4. The zero-order chi connectivity index (χ0) is 21.5. The number of nitrogens with zero attached hydrogens (tertiary/aromatic N) is 1. The summed E-state index contributed by atoms with van der Waals surface area (Å²) in [7, 11) is 0. The van der Waals surface area contributed by atoms with Gasteiger partial charge < -0.3 is 15.5 Å². The van der Waals surface area contributed by atoms with E-state index >= 15 is 0 Å². The summed E-state index contributed by atoms with van der Waals surface area (Å²) in [6.45, 7) is 2.28. The van der Waals surface area contributed by atoms with Gasteiger partial charge in [-0.1, -0.05) is 30.3 Å². The van der Waals surface area contributed by atoms with E-state index in [0.717, 1.165) is 5.56 Å². The maximum absolute atomic E-state index is 14.0. The molecule has 1 heterocycles. The molecule has 2 N–H and O–H groups in total. The average Bonchev–Trinajstić information content (AvgIpc) is 2.75. The van der Waals surface area contributed by atoms with Gasteiger partial charge in [-0.05, 0) is 42.7 Å². The van der Waals surface area contributed by atoms with Gasteiger partial charge in [-0.2, -0.15) is 0 Å². The number of hydrogen-bond donors (Lipinski definition) is 2. The van der Waals surface area contributed by atoms with Crippen LogP contribution in [0.4, 0.5) is 15.8 Å². The van der Waals surface area contributed by atoms with Crippen molar-refractivity contribution in [2.45, 2.75) is 19.8 Å². The molecule has 1 aliphatic rings. The second-order valence-corrected chi connectivity index (χ2v) is 7.21. The van der Waals surface area contributed by atoms with E-state index in [1.807, 2.05) is 30.3 Å². The standard InChI is InChI=1S/C23H24FN3O3/c1-16(28)25-19-8-9-20(24)21(15-19)26-23(30)18-11-13-27(14-12-18)22(29)10-7-17-5-3-2-4-6-17/h2-10,15,18H,11-14H2,1H3,(H,25,28)(H,26,30)/b10-7+. The number of halogens is 1. The number of hydrogen-bond acceptors (Lipinski definition) is 3. The molecule has 1 saturated heterocycles. The summed E-state index contributed by atoms with van der Waals surface area (Å²) < 4.78 is 14.0. The van der Waals surface area contributed by atoms with E-state index in [0.29, 0.717) is 31.6 Å². The molecule has 0 spiro atoms. The highest BCUT2D eigenvalue weighted by Crippen LogP contribution is 2.23. The molecular formula is C23H24FN3O3. The first-order valence-electron chi connectivity index (χ1n) is 9.82. The minimum Gasteiger partial charge on any atom is -0.339 e. The predicted molar refractivity (Wildman–Crippen MR) is 114 cm³/mol. The smallest absolute Gasteiger partial charge is 0.246 e. The lowest BCUT2D eigenvalue weighted by Gasteiger charge is -2.30. The average molecular weight is 409 g/mol. The van der Waals surface area contributed by atoms with Crippen LogP contribution in [0.15, 0.2) is 54.6 Å². The number of piperidine rings is 1. The molecule has 0 saturated carbocycles. The molecule has 0 aromatic heterocycles. The van der Waals surface area contributed by atoms with Crippen molar-refractivity contribution in [3.05, 3.63) is 66.0 Å². The number of amides is 3. The number of likely N-dealkylation sites (tertiary alicyclic amines) is 1. The summed E-state index contributed by atoms with van der Waals surface area (Å²) in [6.07, 6.45) is 4.32. The van der Waals surface area contributed by atoms with E-state index in [-0.39, 0.29) is 29.3 Å². The van der Waals surface area contributed by atoms with E-state index in [1.165, 1.54) is 25.1 Å². The summed E-state index contributed by atoms with van der Waals surface area (Å²) in [6, 6.07) is 13.6. The zero-order valence-corrected chi connectivity index (χ0v) is 16.7. The Kier molecular flexibility index (Phi) is 6.95. The van der Waals surface area contributed by atoms with Crippen molar-refractivity contribution in [3.8, 4) is 0 Å². The van der Waals surface area contributed by atoms with Gasteiger partial charge in [-0.15, -0.1) is 0 Å². The zero-order valence-electron chi connectivity index (χ0n) is 16.7. The molecule has 0 atom stereocenters. The molecule has 0 radical (unpaired) electrons. The van der Waals surface area contributed by atoms with Crippen LogP contribution in [0.2, 0.25) is 0 Å². The van der Waals surface area contributed by atoms with Crippen LogP contribution in [-0.2, 0) is 14.4 Å². The van der Waals surface area contributed by atoms with Gasteiger partial charge in [0, 0.05) is 37.7 Å². The van der Waals surface area contributed by atoms with Gasteiger partial charge in [0.25, 0.3) is 0 Å². The second-order valence-electron chi connectivity index (χ2n) is 7.21. The van der Waals surface area contributed by atoms with E-state index in [1.54, 1.807) is 17.1 Å². The Balaban J connectivity index is 1.53. The number of anilines is 2. The van der Waals surface area contributed by atoms with E-state index < -0.39 is 5.82 Å². The lowest BCUT2D eigenvalue weighted by molar-refractivity contribution is -0.130. The molecule has 2 aromatic carbocycles. The first-order valence-corrected chi connectivity index (χ1v) is 9.82. The molecule has 0 unspecified atom stereocenters. The Bertz CT molecular complexity index is 951. The lowest BCUT2D eigenvalue weighted by atomic mass is 9.95. The van der Waals surface area contributed by atoms with Gasteiger partial charge >= 0.3 is 0 Å². The van der Waals surface area contributed by atoms with Crippen molar-refractivity contribution >= 4 is 35.2 Å². The molecular weight excluding hydrogens is 385 g/mol. The number of carbonyl (C=O) groups excluding carboxylic acids is 3. The first kappa shape index (κ1) is 21.2. The van der Waals surface area contributed by atoms with Crippen molar-refractivity contribution < 1.29 is 18.8 Å². The SMILES string of the molecule is CC(=O)Nc1ccc(F)c(NC(=O)C2CCN(C(=O)/C=C/c3ccccc3)CC2)c1. The van der Waals surface area contributed by atoms with Crippen molar-refractivity contribution in [2.75, 3.05) is 23.7 Å². The van der Waals surface area contributed by atoms with Crippen LogP contribution in [0.3, 0.4) is 0 Å². The molecule has 0 bridgehead atoms. The van der Waals surface area contributed by atoms with Crippen LogP contribution in [-0.4, -0.2) is 35.7 Å². The third-order valence-electron chi connectivity index (χ3n) is 4.94. The molecule has 1 aliphatic heterocycles. The lowest BCUT2D eigenvalue weighted by Crippen LogP contribution is -2.40. The second kappa shape index (κ2) is 9.82. The minimum absolute atomic E-state index is 0.0237. The van der Waals surface area contributed by atoms with E-state index in [4.69, 9.17) is 0 Å². The molecule has 1 fully saturated rings. The Labute approximate surface area is 174 Å². The highest BCUT2D eigenvalue weighted by atomic mass is 19.1. The highest BCUT2D eigenvalue weighted by Gasteiger charge is 2.27. The molecule has 6 nitrogen and oxygen atoms in total. The quantitative estimate of drug-likeness (QED) is 0.740. The Morgan fingerprint density at radius 2 is 1.73 bits per heavy atom. The van der Waals surface area contributed by atoms with E-state index in [2.05, 4.69) is 10.6 Å². The Morgan fingerprint density at radius 1 is 1.03 bits per heavy atom. The molecule has 3 amide bonds. The Hall–Kier alpha value is -3.48. The predicted octanol–water partition coefficient (Wildman–Crippen LogP) is 3.67. The van der Waals surface area contributed by atoms with Gasteiger partial charge in [0.2, 0.25) is 17.7 Å². The largest absolute Gasteiger partial charge is 0.339 e. The molecule has 7 heteroatoms. The van der Waals surface area contributed by atoms with Crippen LogP contribution < -0.4 is 10.6 Å².